The molecule has 1 aromatic carbocycles. The Morgan fingerprint density at radius 3 is 2.94 bits per heavy atom. The minimum Gasteiger partial charge on any atom is -0.347 e. The molecule has 0 saturated carbocycles. The van der Waals surface area contributed by atoms with Crippen molar-refractivity contribution in [1.29, 1.82) is 0 Å². The van der Waals surface area contributed by atoms with Crippen LogP contribution in [0.5, 0.6) is 0 Å². The molecule has 0 spiro atoms. The Hall–Kier alpha value is -2.93. The van der Waals surface area contributed by atoms with Gasteiger partial charge in [0.05, 0.1) is 11.7 Å². The Kier molecular flexibility index (Phi) is 5.14. The lowest BCUT2D eigenvalue weighted by atomic mass is 9.99. The van der Waals surface area contributed by atoms with Crippen molar-refractivity contribution < 1.29 is 4.79 Å². The van der Waals surface area contributed by atoms with Gasteiger partial charge in [0.15, 0.2) is 5.69 Å². The molecule has 1 saturated heterocycles. The standard InChI is InChI=1S/C23H25ClN6O/c1-29(2)23-25-13-17(14-6-3-7-15(24)12-14)20(26-23)19-10-5-11-30(19)22(31)21-16-8-4-9-18(16)27-28-21/h3,6-7,12-13,19H,4-5,8-11H2,1-2H3,(H,27,28)/t19-/m0/s1. The van der Waals surface area contributed by atoms with Crippen LogP contribution in [0.2, 0.25) is 5.02 Å². The highest BCUT2D eigenvalue weighted by molar-refractivity contribution is 6.30. The Morgan fingerprint density at radius 2 is 2.13 bits per heavy atom. The van der Waals surface area contributed by atoms with E-state index in [9.17, 15) is 4.79 Å². The first-order chi connectivity index (χ1) is 15.0. The summed E-state index contributed by atoms with van der Waals surface area (Å²) in [6.45, 7) is 0.696. The highest BCUT2D eigenvalue weighted by atomic mass is 35.5. The molecule has 8 heteroatoms. The van der Waals surface area contributed by atoms with Crippen LogP contribution in [0.3, 0.4) is 0 Å². The lowest BCUT2D eigenvalue weighted by Crippen LogP contribution is -2.32. The zero-order valence-corrected chi connectivity index (χ0v) is 18.5. The summed E-state index contributed by atoms with van der Waals surface area (Å²) in [5.41, 5.74) is 5.49. The van der Waals surface area contributed by atoms with Crippen LogP contribution in [0.25, 0.3) is 11.1 Å². The van der Waals surface area contributed by atoms with Crippen molar-refractivity contribution in [2.24, 2.45) is 0 Å². The van der Waals surface area contributed by atoms with Crippen LogP contribution in [-0.2, 0) is 12.8 Å². The van der Waals surface area contributed by atoms with Crippen molar-refractivity contribution in [1.82, 2.24) is 25.1 Å². The number of H-pyrrole nitrogens is 1. The maximum absolute atomic E-state index is 13.5. The molecule has 1 aliphatic carbocycles. The third kappa shape index (κ3) is 3.57. The molecule has 0 unspecified atom stereocenters. The number of benzene rings is 1. The lowest BCUT2D eigenvalue weighted by Gasteiger charge is -2.26. The Labute approximate surface area is 186 Å². The predicted molar refractivity (Wildman–Crippen MR) is 120 cm³/mol. The molecule has 0 radical (unpaired) electrons. The number of nitrogens with one attached hydrogen (secondary N) is 1. The Bertz CT molecular complexity index is 1140. The second-order valence-electron chi connectivity index (χ2n) is 8.41. The molecule has 1 N–H and O–H groups in total. The number of aromatic amines is 1. The lowest BCUT2D eigenvalue weighted by molar-refractivity contribution is 0.0726. The van der Waals surface area contributed by atoms with E-state index in [0.717, 1.165) is 60.2 Å². The quantitative estimate of drug-likeness (QED) is 0.667. The van der Waals surface area contributed by atoms with Crippen LogP contribution in [0.15, 0.2) is 30.5 Å². The molecule has 5 rings (SSSR count). The summed E-state index contributed by atoms with van der Waals surface area (Å²) in [4.78, 5) is 26.8. The number of hydrogen-bond acceptors (Lipinski definition) is 5. The Balaban J connectivity index is 1.57. The van der Waals surface area contributed by atoms with Gasteiger partial charge < -0.3 is 9.80 Å². The number of fused-ring (bicyclic) bond motifs is 1. The SMILES string of the molecule is CN(C)c1ncc(-c2cccc(Cl)c2)c([C@@H]2CCCN2C(=O)c2n[nH]c3c2CCC3)n1. The van der Waals surface area contributed by atoms with Crippen LogP contribution >= 0.6 is 11.6 Å². The summed E-state index contributed by atoms with van der Waals surface area (Å²) in [7, 11) is 3.84. The average molecular weight is 437 g/mol. The Morgan fingerprint density at radius 1 is 1.26 bits per heavy atom. The maximum Gasteiger partial charge on any atom is 0.275 e. The van der Waals surface area contributed by atoms with E-state index in [4.69, 9.17) is 16.6 Å². The highest BCUT2D eigenvalue weighted by Crippen LogP contribution is 2.39. The highest BCUT2D eigenvalue weighted by Gasteiger charge is 2.36. The van der Waals surface area contributed by atoms with Gasteiger partial charge in [-0.05, 0) is 49.8 Å². The zero-order chi connectivity index (χ0) is 21.5. The van der Waals surface area contributed by atoms with E-state index in [-0.39, 0.29) is 11.9 Å². The van der Waals surface area contributed by atoms with E-state index in [1.807, 2.05) is 54.4 Å². The number of hydrogen-bond donors (Lipinski definition) is 1. The molecule has 31 heavy (non-hydrogen) atoms. The van der Waals surface area contributed by atoms with E-state index in [1.165, 1.54) is 0 Å². The molecule has 0 bridgehead atoms. The number of likely N-dealkylation sites (tertiary alicyclic amines) is 1. The first kappa shape index (κ1) is 20.0. The summed E-state index contributed by atoms with van der Waals surface area (Å²) in [6, 6.07) is 7.57. The fourth-order valence-corrected chi connectivity index (χ4v) is 4.85. The van der Waals surface area contributed by atoms with Crippen molar-refractivity contribution in [3.63, 3.8) is 0 Å². The van der Waals surface area contributed by atoms with Crippen molar-refractivity contribution >= 4 is 23.5 Å². The van der Waals surface area contributed by atoms with E-state index >= 15 is 0 Å². The first-order valence-electron chi connectivity index (χ1n) is 10.7. The number of carbonyl (C=O) groups is 1. The summed E-state index contributed by atoms with van der Waals surface area (Å²) in [6.07, 6.45) is 6.59. The van der Waals surface area contributed by atoms with E-state index < -0.39 is 0 Å². The van der Waals surface area contributed by atoms with Crippen molar-refractivity contribution in [2.75, 3.05) is 25.5 Å². The molecular weight excluding hydrogens is 412 g/mol. The fourth-order valence-electron chi connectivity index (χ4n) is 4.66. The molecule has 3 heterocycles. The van der Waals surface area contributed by atoms with E-state index in [0.29, 0.717) is 23.2 Å². The topological polar surface area (TPSA) is 78.0 Å². The van der Waals surface area contributed by atoms with Gasteiger partial charge in [-0.1, -0.05) is 23.7 Å². The molecule has 160 valence electrons. The van der Waals surface area contributed by atoms with Crippen LogP contribution < -0.4 is 4.90 Å². The van der Waals surface area contributed by atoms with Crippen molar-refractivity contribution in [2.45, 2.75) is 38.1 Å². The number of nitrogens with zero attached hydrogens (tertiary/aromatic N) is 5. The minimum atomic E-state index is -0.128. The van der Waals surface area contributed by atoms with Gasteiger partial charge in [-0.25, -0.2) is 9.97 Å². The monoisotopic (exact) mass is 436 g/mol. The summed E-state index contributed by atoms with van der Waals surface area (Å²) in [5, 5.41) is 8.10. The van der Waals surface area contributed by atoms with Crippen molar-refractivity contribution in [3.05, 3.63) is 58.1 Å². The number of carbonyl (C=O) groups excluding carboxylic acids is 1. The average Bonchev–Trinajstić information content (AvgIpc) is 3.49. The minimum absolute atomic E-state index is 0.0102. The number of aryl methyl sites for hydroxylation is 1. The fraction of sp³-hybridized carbons (Fsp3) is 0.391. The summed E-state index contributed by atoms with van der Waals surface area (Å²) < 4.78 is 0. The molecule has 3 aromatic rings. The third-order valence-corrected chi connectivity index (χ3v) is 6.41. The van der Waals surface area contributed by atoms with Gasteiger partial charge in [0.25, 0.3) is 5.91 Å². The molecule has 1 aliphatic heterocycles. The molecule has 2 aromatic heterocycles. The maximum atomic E-state index is 13.5. The van der Waals surface area contributed by atoms with Crippen LogP contribution in [-0.4, -0.2) is 51.6 Å². The van der Waals surface area contributed by atoms with E-state index in [1.54, 1.807) is 0 Å². The molecule has 1 amide bonds. The van der Waals surface area contributed by atoms with E-state index in [2.05, 4.69) is 15.2 Å². The van der Waals surface area contributed by atoms with Crippen LogP contribution in [0.4, 0.5) is 5.95 Å². The van der Waals surface area contributed by atoms with Crippen LogP contribution in [0.1, 0.15) is 52.7 Å². The number of amides is 1. The van der Waals surface area contributed by atoms with Gasteiger partial charge >= 0.3 is 0 Å². The third-order valence-electron chi connectivity index (χ3n) is 6.18. The molecule has 7 nitrogen and oxygen atoms in total. The predicted octanol–water partition coefficient (Wildman–Crippen LogP) is 4.05. The summed E-state index contributed by atoms with van der Waals surface area (Å²) in [5.74, 6) is 0.615. The number of halogens is 1. The van der Waals surface area contributed by atoms with Crippen molar-refractivity contribution in [3.8, 4) is 11.1 Å². The molecular formula is C23H25ClN6O. The second kappa shape index (κ2) is 7.96. The van der Waals surface area contributed by atoms with Gasteiger partial charge in [-0.3, -0.25) is 9.89 Å². The van der Waals surface area contributed by atoms with Gasteiger partial charge in [0, 0.05) is 48.7 Å². The molecule has 2 aliphatic rings. The van der Waals surface area contributed by atoms with Gasteiger partial charge in [0.1, 0.15) is 0 Å². The largest absolute Gasteiger partial charge is 0.347 e. The number of rotatable bonds is 4. The second-order valence-corrected chi connectivity index (χ2v) is 8.85. The first-order valence-corrected chi connectivity index (χ1v) is 11.1. The number of aromatic nitrogens is 4. The summed E-state index contributed by atoms with van der Waals surface area (Å²) >= 11 is 6.26. The normalized spacial score (nSPS) is 17.8. The van der Waals surface area contributed by atoms with Crippen LogP contribution in [0, 0.1) is 0 Å². The number of anilines is 1. The van der Waals surface area contributed by atoms with Gasteiger partial charge in [0.2, 0.25) is 5.95 Å². The molecule has 1 fully saturated rings. The van der Waals surface area contributed by atoms with Gasteiger partial charge in [-0.15, -0.1) is 0 Å². The zero-order valence-electron chi connectivity index (χ0n) is 17.7. The molecule has 1 atom stereocenters. The van der Waals surface area contributed by atoms with Gasteiger partial charge in [-0.2, -0.15) is 5.10 Å². The smallest absolute Gasteiger partial charge is 0.275 e.